The van der Waals surface area contributed by atoms with Gasteiger partial charge in [-0.05, 0) is 60.7 Å². The number of sulfonamides is 1. The Hall–Kier alpha value is -3.86. The summed E-state index contributed by atoms with van der Waals surface area (Å²) in [6.07, 6.45) is -3.50. The molecule has 1 fully saturated rings. The van der Waals surface area contributed by atoms with E-state index in [0.29, 0.717) is 12.2 Å². The van der Waals surface area contributed by atoms with Crippen LogP contribution in [-0.4, -0.2) is 31.6 Å². The summed E-state index contributed by atoms with van der Waals surface area (Å²) in [5.74, 6) is -2.74. The number of anilines is 1. The third kappa shape index (κ3) is 7.32. The van der Waals surface area contributed by atoms with E-state index < -0.39 is 27.6 Å². The Kier molecular flexibility index (Phi) is 8.27. The molecule has 0 saturated heterocycles. The number of nitrogens with one attached hydrogen (secondary N) is 2. The van der Waals surface area contributed by atoms with Gasteiger partial charge in [0, 0.05) is 12.2 Å². The summed E-state index contributed by atoms with van der Waals surface area (Å²) in [6.45, 7) is 2.35. The van der Waals surface area contributed by atoms with Crippen molar-refractivity contribution in [3.05, 3.63) is 95.6 Å². The van der Waals surface area contributed by atoms with E-state index in [1.54, 1.807) is 30.3 Å². The molecule has 1 saturated carbocycles. The van der Waals surface area contributed by atoms with Crippen molar-refractivity contribution in [1.29, 1.82) is 0 Å². The Balaban J connectivity index is 0.000000479. The molecule has 0 unspecified atom stereocenters. The van der Waals surface area contributed by atoms with E-state index >= 15 is 0 Å². The van der Waals surface area contributed by atoms with Crippen LogP contribution in [0.4, 0.5) is 18.9 Å². The molecular weight excluding hydrogens is 509 g/mol. The summed E-state index contributed by atoms with van der Waals surface area (Å²) in [5.41, 5.74) is 2.81. The fourth-order valence-corrected chi connectivity index (χ4v) is 4.74. The molecule has 0 spiro atoms. The predicted molar refractivity (Wildman–Crippen MR) is 131 cm³/mol. The van der Waals surface area contributed by atoms with Gasteiger partial charge < -0.3 is 10.4 Å². The largest absolute Gasteiger partial charge is 0.490 e. The Morgan fingerprint density at radius 2 is 1.54 bits per heavy atom. The molecule has 1 aliphatic carbocycles. The summed E-state index contributed by atoms with van der Waals surface area (Å²) in [4.78, 5) is 21.9. The smallest absolute Gasteiger partial charge is 0.475 e. The van der Waals surface area contributed by atoms with Crippen molar-refractivity contribution in [2.45, 2.75) is 42.8 Å². The summed E-state index contributed by atoms with van der Waals surface area (Å²) in [7, 11) is -3.65. The van der Waals surface area contributed by atoms with Gasteiger partial charge in [0.15, 0.2) is 0 Å². The number of carbonyl (C=O) groups excluding carboxylic acids is 1. The van der Waals surface area contributed by atoms with Crippen molar-refractivity contribution in [1.82, 2.24) is 5.32 Å². The van der Waals surface area contributed by atoms with Crippen LogP contribution in [0.15, 0.2) is 83.8 Å². The topological polar surface area (TPSA) is 113 Å². The van der Waals surface area contributed by atoms with E-state index in [4.69, 9.17) is 9.90 Å². The highest BCUT2D eigenvalue weighted by atomic mass is 32.2. The number of aliphatic carboxylic acids is 1. The van der Waals surface area contributed by atoms with Crippen LogP contribution < -0.4 is 10.0 Å². The highest BCUT2D eigenvalue weighted by Crippen LogP contribution is 2.48. The molecule has 196 valence electrons. The van der Waals surface area contributed by atoms with Gasteiger partial charge in [-0.1, -0.05) is 54.6 Å². The maximum absolute atomic E-state index is 12.8. The minimum Gasteiger partial charge on any atom is -0.475 e. The molecule has 0 bridgehead atoms. The Morgan fingerprint density at radius 1 is 0.946 bits per heavy atom. The average molecular weight is 535 g/mol. The number of hydrogen-bond acceptors (Lipinski definition) is 4. The van der Waals surface area contributed by atoms with Crippen LogP contribution in [0.1, 0.15) is 29.5 Å². The van der Waals surface area contributed by atoms with Gasteiger partial charge in [-0.15, -0.1) is 0 Å². The molecule has 7 nitrogen and oxygen atoms in total. The molecular formula is C26H25F3N2O5S. The van der Waals surface area contributed by atoms with E-state index in [0.717, 1.165) is 29.5 Å². The Morgan fingerprint density at radius 3 is 2.05 bits per heavy atom. The first-order chi connectivity index (χ1) is 17.3. The zero-order chi connectivity index (χ0) is 27.3. The number of amides is 1. The number of halogens is 3. The normalized spacial score (nSPS) is 14.1. The monoisotopic (exact) mass is 534 g/mol. The minimum atomic E-state index is -5.08. The molecule has 3 aromatic carbocycles. The zero-order valence-electron chi connectivity index (χ0n) is 19.7. The van der Waals surface area contributed by atoms with Gasteiger partial charge in [0.2, 0.25) is 5.91 Å². The fraction of sp³-hybridized carbons (Fsp3) is 0.231. The molecule has 0 heterocycles. The molecule has 3 N–H and O–H groups in total. The second kappa shape index (κ2) is 11.0. The van der Waals surface area contributed by atoms with Crippen LogP contribution in [0, 0.1) is 6.92 Å². The van der Waals surface area contributed by atoms with Crippen molar-refractivity contribution in [2.24, 2.45) is 0 Å². The summed E-state index contributed by atoms with van der Waals surface area (Å²) >= 11 is 0. The van der Waals surface area contributed by atoms with Gasteiger partial charge in [0.1, 0.15) is 0 Å². The number of benzene rings is 3. The van der Waals surface area contributed by atoms with Gasteiger partial charge in [-0.25, -0.2) is 13.2 Å². The summed E-state index contributed by atoms with van der Waals surface area (Å²) in [5, 5.41) is 10.2. The number of rotatable bonds is 7. The van der Waals surface area contributed by atoms with E-state index in [1.807, 2.05) is 55.5 Å². The van der Waals surface area contributed by atoms with Crippen LogP contribution in [0.3, 0.4) is 0 Å². The molecule has 0 atom stereocenters. The molecule has 4 rings (SSSR count). The summed E-state index contributed by atoms with van der Waals surface area (Å²) < 4.78 is 59.5. The molecule has 0 aliphatic heterocycles. The lowest BCUT2D eigenvalue weighted by Crippen LogP contribution is -2.34. The lowest BCUT2D eigenvalue weighted by molar-refractivity contribution is -0.192. The lowest BCUT2D eigenvalue weighted by atomic mass is 9.94. The number of carbonyl (C=O) groups is 2. The molecule has 1 amide bonds. The van der Waals surface area contributed by atoms with Crippen molar-refractivity contribution in [3.8, 4) is 0 Å². The van der Waals surface area contributed by atoms with Crippen LogP contribution >= 0.6 is 0 Å². The van der Waals surface area contributed by atoms with Gasteiger partial charge >= 0.3 is 12.1 Å². The van der Waals surface area contributed by atoms with Crippen molar-refractivity contribution >= 4 is 27.6 Å². The van der Waals surface area contributed by atoms with Crippen LogP contribution in [0.5, 0.6) is 0 Å². The first kappa shape index (κ1) is 27.7. The number of alkyl halides is 3. The molecule has 11 heteroatoms. The molecule has 1 aliphatic rings. The van der Waals surface area contributed by atoms with E-state index in [2.05, 4.69) is 10.0 Å². The Bertz CT molecular complexity index is 1350. The highest BCUT2D eigenvalue weighted by molar-refractivity contribution is 7.92. The molecule has 37 heavy (non-hydrogen) atoms. The average Bonchev–Trinajstić information content (AvgIpc) is 3.65. The maximum atomic E-state index is 12.8. The standard InChI is InChI=1S/C24H24N2O3S.C2HF3O2/c1-18-6-5-9-22(16-18)30(28,29)26-21-12-10-20(11-13-21)24(14-15-24)23(27)25-17-19-7-3-2-4-8-19;3-2(4,5)1(6)7/h2-13,16,26H,14-15,17H2,1H3,(H,25,27);(H,6,7). The van der Waals surface area contributed by atoms with Crippen molar-refractivity contribution < 1.29 is 36.3 Å². The lowest BCUT2D eigenvalue weighted by Gasteiger charge is -2.17. The second-order valence-corrected chi connectivity index (χ2v) is 10.2. The third-order valence-corrected chi connectivity index (χ3v) is 7.09. The zero-order valence-corrected chi connectivity index (χ0v) is 20.6. The van der Waals surface area contributed by atoms with E-state index in [1.165, 1.54) is 0 Å². The maximum Gasteiger partial charge on any atom is 0.490 e. The van der Waals surface area contributed by atoms with Crippen LogP contribution in [-0.2, 0) is 31.6 Å². The quantitative estimate of drug-likeness (QED) is 0.404. The number of carboxylic acids is 1. The van der Waals surface area contributed by atoms with Gasteiger partial charge in [-0.3, -0.25) is 9.52 Å². The first-order valence-corrected chi connectivity index (χ1v) is 12.6. The molecule has 0 aromatic heterocycles. The second-order valence-electron chi connectivity index (χ2n) is 8.55. The van der Waals surface area contributed by atoms with Crippen LogP contribution in [0.25, 0.3) is 0 Å². The number of carboxylic acid groups (broad SMARTS) is 1. The van der Waals surface area contributed by atoms with Crippen molar-refractivity contribution in [2.75, 3.05) is 4.72 Å². The van der Waals surface area contributed by atoms with Gasteiger partial charge in [0.25, 0.3) is 10.0 Å². The predicted octanol–water partition coefficient (Wildman–Crippen LogP) is 4.78. The van der Waals surface area contributed by atoms with Gasteiger partial charge in [-0.2, -0.15) is 13.2 Å². The highest BCUT2D eigenvalue weighted by Gasteiger charge is 2.51. The fourth-order valence-electron chi connectivity index (χ4n) is 3.57. The minimum absolute atomic E-state index is 0.0134. The summed E-state index contributed by atoms with van der Waals surface area (Å²) in [6, 6.07) is 23.7. The van der Waals surface area contributed by atoms with Crippen LogP contribution in [0.2, 0.25) is 0 Å². The number of hydrogen-bond donors (Lipinski definition) is 3. The molecule has 3 aromatic rings. The van der Waals surface area contributed by atoms with Crippen molar-refractivity contribution in [3.63, 3.8) is 0 Å². The number of aryl methyl sites for hydroxylation is 1. The molecule has 0 radical (unpaired) electrons. The third-order valence-electron chi connectivity index (χ3n) is 5.71. The first-order valence-electron chi connectivity index (χ1n) is 11.2. The SMILES string of the molecule is Cc1cccc(S(=O)(=O)Nc2ccc(C3(C(=O)NCc4ccccc4)CC3)cc2)c1.O=C(O)C(F)(F)F. The van der Waals surface area contributed by atoms with E-state index in [9.17, 15) is 26.4 Å². The van der Waals surface area contributed by atoms with E-state index in [-0.39, 0.29) is 10.8 Å². The van der Waals surface area contributed by atoms with Gasteiger partial charge in [0.05, 0.1) is 10.3 Å². The Labute approximate surface area is 212 Å².